The van der Waals surface area contributed by atoms with Crippen LogP contribution >= 0.6 is 11.6 Å². The van der Waals surface area contributed by atoms with E-state index in [2.05, 4.69) is 9.97 Å². The number of halogens is 1. The lowest BCUT2D eigenvalue weighted by Crippen LogP contribution is -2.29. The molecule has 25 heavy (non-hydrogen) atoms. The van der Waals surface area contributed by atoms with Gasteiger partial charge in [-0.15, -0.1) is 0 Å². The molecule has 5 nitrogen and oxygen atoms in total. The topological polar surface area (TPSA) is 66.1 Å². The summed E-state index contributed by atoms with van der Waals surface area (Å²) >= 11 is 6.30. The molecule has 0 saturated heterocycles. The fourth-order valence-corrected chi connectivity index (χ4v) is 3.19. The van der Waals surface area contributed by atoms with Crippen molar-refractivity contribution in [3.8, 4) is 0 Å². The number of carbonyl (C=O) groups excluding carboxylic acids is 1. The monoisotopic (exact) mass is 355 g/mol. The van der Waals surface area contributed by atoms with Gasteiger partial charge in [0.2, 0.25) is 0 Å². The molecule has 3 aromatic rings. The van der Waals surface area contributed by atoms with Crippen LogP contribution in [-0.4, -0.2) is 34.7 Å². The Balaban J connectivity index is 1.95. The molecule has 0 amide bonds. The Morgan fingerprint density at radius 3 is 2.64 bits per heavy atom. The number of H-pyrrole nitrogens is 1. The molecular weight excluding hydrogens is 338 g/mol. The highest BCUT2D eigenvalue weighted by molar-refractivity contribution is 6.32. The summed E-state index contributed by atoms with van der Waals surface area (Å²) in [6.45, 7) is 0. The first kappa shape index (κ1) is 17.3. The third-order valence-electron chi connectivity index (χ3n) is 4.11. The van der Waals surface area contributed by atoms with Gasteiger partial charge in [-0.2, -0.15) is 0 Å². The quantitative estimate of drug-likeness (QED) is 0.764. The zero-order valence-electron chi connectivity index (χ0n) is 14.0. The lowest BCUT2D eigenvalue weighted by atomic mass is 9.96. The van der Waals surface area contributed by atoms with Gasteiger partial charge in [-0.3, -0.25) is 14.5 Å². The number of ketones is 1. The minimum absolute atomic E-state index is 0.0299. The number of likely N-dealkylation sites (N-methyl/N-ethyl adjacent to an activating group) is 1. The van der Waals surface area contributed by atoms with Crippen molar-refractivity contribution in [1.29, 1.82) is 0 Å². The minimum Gasteiger partial charge on any atom is -0.313 e. The number of hydrogen-bond acceptors (Lipinski definition) is 4. The molecule has 0 aliphatic rings. The second-order valence-electron chi connectivity index (χ2n) is 6.11. The van der Waals surface area contributed by atoms with Gasteiger partial charge >= 0.3 is 0 Å². The van der Waals surface area contributed by atoms with Crippen molar-refractivity contribution in [2.45, 2.75) is 12.5 Å². The number of hydrogen-bond donors (Lipinski definition) is 1. The van der Waals surface area contributed by atoms with Gasteiger partial charge in [0.1, 0.15) is 0 Å². The molecule has 3 rings (SSSR count). The molecule has 1 atom stereocenters. The van der Waals surface area contributed by atoms with Gasteiger partial charge in [-0.05, 0) is 37.4 Å². The third kappa shape index (κ3) is 3.62. The number of nitrogens with zero attached hydrogens (tertiary/aromatic N) is 2. The molecule has 0 spiro atoms. The number of benzene rings is 2. The molecule has 6 heteroatoms. The Morgan fingerprint density at radius 1 is 1.24 bits per heavy atom. The summed E-state index contributed by atoms with van der Waals surface area (Å²) in [7, 11) is 3.75. The van der Waals surface area contributed by atoms with E-state index in [0.717, 1.165) is 5.56 Å². The first-order valence-corrected chi connectivity index (χ1v) is 8.25. The molecule has 1 aromatic heterocycles. The summed E-state index contributed by atoms with van der Waals surface area (Å²) in [5, 5.41) is 0.806. The third-order valence-corrected chi connectivity index (χ3v) is 4.46. The molecule has 0 bridgehead atoms. The summed E-state index contributed by atoms with van der Waals surface area (Å²) in [5.41, 5.74) is 1.88. The molecule has 0 aliphatic heterocycles. The van der Waals surface area contributed by atoms with Crippen LogP contribution in [0.15, 0.2) is 53.6 Å². The summed E-state index contributed by atoms with van der Waals surface area (Å²) in [6.07, 6.45) is 1.51. The summed E-state index contributed by atoms with van der Waals surface area (Å²) in [6, 6.07) is 12.5. The second kappa shape index (κ2) is 7.17. The predicted molar refractivity (Wildman–Crippen MR) is 99.0 cm³/mol. The summed E-state index contributed by atoms with van der Waals surface area (Å²) in [5.74, 6) is 0.0299. The van der Waals surface area contributed by atoms with Gasteiger partial charge in [0.15, 0.2) is 5.78 Å². The van der Waals surface area contributed by atoms with E-state index in [9.17, 15) is 9.59 Å². The van der Waals surface area contributed by atoms with Gasteiger partial charge in [0, 0.05) is 11.4 Å². The van der Waals surface area contributed by atoms with E-state index >= 15 is 0 Å². The molecule has 1 heterocycles. The van der Waals surface area contributed by atoms with E-state index < -0.39 is 0 Å². The van der Waals surface area contributed by atoms with Crippen LogP contribution in [0, 0.1) is 0 Å². The zero-order valence-corrected chi connectivity index (χ0v) is 14.7. The first-order valence-electron chi connectivity index (χ1n) is 7.87. The van der Waals surface area contributed by atoms with Crippen LogP contribution in [0.2, 0.25) is 5.02 Å². The van der Waals surface area contributed by atoms with E-state index in [1.54, 1.807) is 12.1 Å². The average molecular weight is 356 g/mol. The Morgan fingerprint density at radius 2 is 1.96 bits per heavy atom. The van der Waals surface area contributed by atoms with E-state index in [0.29, 0.717) is 21.5 Å². The van der Waals surface area contributed by atoms with Gasteiger partial charge in [-0.25, -0.2) is 4.98 Å². The number of carbonyl (C=O) groups is 1. The van der Waals surface area contributed by atoms with Gasteiger partial charge in [-0.1, -0.05) is 41.9 Å². The van der Waals surface area contributed by atoms with Crippen LogP contribution in [0.25, 0.3) is 10.9 Å². The largest absolute Gasteiger partial charge is 0.313 e. The molecule has 0 aliphatic carbocycles. The normalized spacial score (nSPS) is 12.5. The van der Waals surface area contributed by atoms with Crippen molar-refractivity contribution in [2.75, 3.05) is 14.1 Å². The number of aromatic amines is 1. The maximum atomic E-state index is 12.9. The van der Waals surface area contributed by atoms with Crippen molar-refractivity contribution in [1.82, 2.24) is 14.9 Å². The molecule has 0 saturated carbocycles. The van der Waals surface area contributed by atoms with Gasteiger partial charge in [0.05, 0.1) is 23.3 Å². The Kier molecular flexibility index (Phi) is 4.97. The molecular formula is C19H18ClN3O2. The maximum Gasteiger partial charge on any atom is 0.258 e. The fraction of sp³-hybridized carbons (Fsp3) is 0.211. The number of aromatic nitrogens is 2. The van der Waals surface area contributed by atoms with Crippen LogP contribution < -0.4 is 5.56 Å². The highest BCUT2D eigenvalue weighted by Crippen LogP contribution is 2.25. The van der Waals surface area contributed by atoms with Crippen LogP contribution in [0.1, 0.15) is 17.2 Å². The SMILES string of the molecule is CN(C)C(C(=O)Cc1cc2nc[nH]c(=O)c2cc1Cl)c1ccccc1. The van der Waals surface area contributed by atoms with Crippen molar-refractivity contribution in [3.63, 3.8) is 0 Å². The highest BCUT2D eigenvalue weighted by atomic mass is 35.5. The molecule has 2 aromatic carbocycles. The van der Waals surface area contributed by atoms with Crippen molar-refractivity contribution in [2.24, 2.45) is 0 Å². The molecule has 1 N–H and O–H groups in total. The van der Waals surface area contributed by atoms with E-state index in [1.807, 2.05) is 49.3 Å². The van der Waals surface area contributed by atoms with Gasteiger partial charge in [0.25, 0.3) is 5.56 Å². The number of rotatable bonds is 5. The van der Waals surface area contributed by atoms with Crippen LogP contribution in [-0.2, 0) is 11.2 Å². The zero-order chi connectivity index (χ0) is 18.0. The Hall–Kier alpha value is -2.50. The first-order chi connectivity index (χ1) is 12.0. The van der Waals surface area contributed by atoms with Gasteiger partial charge < -0.3 is 4.98 Å². The van der Waals surface area contributed by atoms with Crippen molar-refractivity contribution in [3.05, 3.63) is 75.3 Å². The standard InChI is InChI=1S/C19H18ClN3O2/c1-23(2)18(12-6-4-3-5-7-12)17(24)9-13-8-16-14(10-15(13)20)19(25)22-11-21-16/h3-8,10-11,18H,9H2,1-2H3,(H,21,22,25). The predicted octanol–water partition coefficient (Wildman–Crippen LogP) is 2.99. The van der Waals surface area contributed by atoms with Crippen LogP contribution in [0.3, 0.4) is 0 Å². The number of fused-ring (bicyclic) bond motifs is 1. The van der Waals surface area contributed by atoms with Crippen molar-refractivity contribution < 1.29 is 4.79 Å². The van der Waals surface area contributed by atoms with Crippen molar-refractivity contribution >= 4 is 28.3 Å². The minimum atomic E-state index is -0.361. The molecule has 1 unspecified atom stereocenters. The Bertz CT molecular complexity index is 967. The van der Waals surface area contributed by atoms with E-state index in [4.69, 9.17) is 11.6 Å². The fourth-order valence-electron chi connectivity index (χ4n) is 2.96. The lowest BCUT2D eigenvalue weighted by molar-refractivity contribution is -0.123. The smallest absolute Gasteiger partial charge is 0.258 e. The second-order valence-corrected chi connectivity index (χ2v) is 6.52. The molecule has 128 valence electrons. The highest BCUT2D eigenvalue weighted by Gasteiger charge is 2.23. The molecule has 0 fully saturated rings. The van der Waals surface area contributed by atoms with E-state index in [-0.39, 0.29) is 23.8 Å². The number of nitrogens with one attached hydrogen (secondary N) is 1. The number of Topliss-reactive ketones (excluding diaryl/α,β-unsaturated/α-hetero) is 1. The lowest BCUT2D eigenvalue weighted by Gasteiger charge is -2.23. The maximum absolute atomic E-state index is 12.9. The van der Waals surface area contributed by atoms with Crippen LogP contribution in [0.4, 0.5) is 0 Å². The molecule has 0 radical (unpaired) electrons. The van der Waals surface area contributed by atoms with Crippen LogP contribution in [0.5, 0.6) is 0 Å². The van der Waals surface area contributed by atoms with E-state index in [1.165, 1.54) is 6.33 Å². The average Bonchev–Trinajstić information content (AvgIpc) is 2.57. The summed E-state index contributed by atoms with van der Waals surface area (Å²) < 4.78 is 0. The summed E-state index contributed by atoms with van der Waals surface area (Å²) in [4.78, 5) is 33.3. The Labute approximate surface area is 150 Å².